The Bertz CT molecular complexity index is 711. The van der Waals surface area contributed by atoms with Gasteiger partial charge in [0.1, 0.15) is 11.8 Å². The van der Waals surface area contributed by atoms with Gasteiger partial charge in [-0.15, -0.1) is 11.3 Å². The van der Waals surface area contributed by atoms with Gasteiger partial charge in [-0.3, -0.25) is 10.1 Å². The summed E-state index contributed by atoms with van der Waals surface area (Å²) in [6.45, 7) is 6.03. The number of carbonyl (C=O) groups excluding carboxylic acids is 1. The van der Waals surface area contributed by atoms with Gasteiger partial charge in [0.05, 0.1) is 11.3 Å². The molecule has 22 heavy (non-hydrogen) atoms. The third-order valence-electron chi connectivity index (χ3n) is 2.89. The Balaban J connectivity index is 1.94. The van der Waals surface area contributed by atoms with E-state index in [1.165, 1.54) is 11.3 Å². The molecule has 0 aliphatic heterocycles. The lowest BCUT2D eigenvalue weighted by atomic mass is 9.93. The molecule has 1 amide bonds. The number of thiazole rings is 1. The topological polar surface area (TPSA) is 75.0 Å². The van der Waals surface area contributed by atoms with Gasteiger partial charge in [0.15, 0.2) is 11.7 Å². The van der Waals surface area contributed by atoms with Crippen LogP contribution in [0.25, 0.3) is 0 Å². The van der Waals surface area contributed by atoms with Crippen LogP contribution in [0.4, 0.5) is 5.13 Å². The van der Waals surface area contributed by atoms with Crippen LogP contribution in [-0.4, -0.2) is 17.5 Å². The van der Waals surface area contributed by atoms with E-state index in [4.69, 9.17) is 10.00 Å². The Morgan fingerprint density at radius 3 is 2.77 bits per heavy atom. The van der Waals surface area contributed by atoms with Gasteiger partial charge in [-0.1, -0.05) is 32.9 Å². The first-order valence-corrected chi connectivity index (χ1v) is 7.66. The number of anilines is 1. The highest BCUT2D eigenvalue weighted by Gasteiger charge is 2.18. The van der Waals surface area contributed by atoms with Crippen molar-refractivity contribution in [2.45, 2.75) is 26.2 Å². The second-order valence-corrected chi connectivity index (χ2v) is 6.59. The highest BCUT2D eigenvalue weighted by molar-refractivity contribution is 7.13. The molecule has 0 atom stereocenters. The van der Waals surface area contributed by atoms with Gasteiger partial charge in [-0.25, -0.2) is 4.98 Å². The molecule has 2 rings (SSSR count). The Hall–Kier alpha value is -2.39. The molecule has 0 saturated heterocycles. The van der Waals surface area contributed by atoms with Crippen LogP contribution < -0.4 is 10.1 Å². The molecular weight excluding hydrogens is 298 g/mol. The second-order valence-electron chi connectivity index (χ2n) is 5.73. The van der Waals surface area contributed by atoms with E-state index >= 15 is 0 Å². The number of hydrogen-bond donors (Lipinski definition) is 1. The normalized spacial score (nSPS) is 10.8. The molecule has 114 valence electrons. The lowest BCUT2D eigenvalue weighted by molar-refractivity contribution is -0.118. The van der Waals surface area contributed by atoms with E-state index in [0.29, 0.717) is 16.4 Å². The fourth-order valence-electron chi connectivity index (χ4n) is 1.66. The van der Waals surface area contributed by atoms with Gasteiger partial charge in [0, 0.05) is 10.8 Å². The van der Waals surface area contributed by atoms with E-state index in [9.17, 15) is 4.79 Å². The third kappa shape index (κ3) is 4.06. The SMILES string of the molecule is CC(C)(C)c1csc(NC(=O)COc2ccccc2C#N)n1. The molecule has 0 unspecified atom stereocenters. The Morgan fingerprint density at radius 2 is 2.14 bits per heavy atom. The van der Waals surface area contributed by atoms with E-state index in [2.05, 4.69) is 31.1 Å². The Morgan fingerprint density at radius 1 is 1.41 bits per heavy atom. The largest absolute Gasteiger partial charge is 0.482 e. The number of rotatable bonds is 4. The first-order chi connectivity index (χ1) is 10.4. The van der Waals surface area contributed by atoms with Gasteiger partial charge >= 0.3 is 0 Å². The first-order valence-electron chi connectivity index (χ1n) is 6.78. The Kier molecular flexibility index (Phi) is 4.78. The molecule has 1 heterocycles. The van der Waals surface area contributed by atoms with Gasteiger partial charge in [-0.2, -0.15) is 5.26 Å². The second kappa shape index (κ2) is 6.58. The molecule has 0 aliphatic carbocycles. The van der Waals surface area contributed by atoms with Crippen LogP contribution in [0.3, 0.4) is 0 Å². The number of para-hydroxylation sites is 1. The molecule has 0 radical (unpaired) electrons. The fourth-order valence-corrected chi connectivity index (χ4v) is 2.61. The maximum Gasteiger partial charge on any atom is 0.264 e. The predicted octanol–water partition coefficient (Wildman–Crippen LogP) is 3.33. The summed E-state index contributed by atoms with van der Waals surface area (Å²) in [5.41, 5.74) is 1.28. The van der Waals surface area contributed by atoms with Crippen molar-refractivity contribution in [2.75, 3.05) is 11.9 Å². The third-order valence-corrected chi connectivity index (χ3v) is 3.64. The maximum absolute atomic E-state index is 11.9. The van der Waals surface area contributed by atoms with Gasteiger partial charge in [-0.05, 0) is 12.1 Å². The quantitative estimate of drug-likeness (QED) is 0.939. The molecule has 0 bridgehead atoms. The van der Waals surface area contributed by atoms with Gasteiger partial charge in [0.25, 0.3) is 5.91 Å². The minimum atomic E-state index is -0.303. The van der Waals surface area contributed by atoms with Crippen LogP contribution in [0.1, 0.15) is 32.0 Å². The molecule has 0 fully saturated rings. The van der Waals surface area contributed by atoms with Gasteiger partial charge in [0.2, 0.25) is 0 Å². The number of nitrogens with zero attached hydrogens (tertiary/aromatic N) is 2. The van der Waals surface area contributed by atoms with Crippen LogP contribution in [-0.2, 0) is 10.2 Å². The summed E-state index contributed by atoms with van der Waals surface area (Å²) in [6.07, 6.45) is 0. The lowest BCUT2D eigenvalue weighted by Crippen LogP contribution is -2.20. The first kappa shape index (κ1) is 16.0. The molecule has 1 N–H and O–H groups in total. The molecule has 1 aromatic heterocycles. The van der Waals surface area contributed by atoms with E-state index in [-0.39, 0.29) is 17.9 Å². The van der Waals surface area contributed by atoms with Crippen molar-refractivity contribution >= 4 is 22.4 Å². The predicted molar refractivity (Wildman–Crippen MR) is 86.1 cm³/mol. The smallest absolute Gasteiger partial charge is 0.264 e. The van der Waals surface area contributed by atoms with Crippen LogP contribution in [0, 0.1) is 11.3 Å². The van der Waals surface area contributed by atoms with Crippen molar-refractivity contribution in [1.29, 1.82) is 5.26 Å². The van der Waals surface area contributed by atoms with Crippen molar-refractivity contribution in [3.63, 3.8) is 0 Å². The number of carbonyl (C=O) groups is 1. The molecule has 5 nitrogen and oxygen atoms in total. The minimum Gasteiger partial charge on any atom is -0.482 e. The van der Waals surface area contributed by atoms with Crippen molar-refractivity contribution in [1.82, 2.24) is 4.98 Å². The number of aromatic nitrogens is 1. The zero-order valence-electron chi connectivity index (χ0n) is 12.7. The number of ether oxygens (including phenoxy) is 1. The van der Waals surface area contributed by atoms with E-state index < -0.39 is 0 Å². The van der Waals surface area contributed by atoms with Gasteiger partial charge < -0.3 is 4.74 Å². The molecule has 0 saturated carbocycles. The van der Waals surface area contributed by atoms with Crippen LogP contribution in [0.5, 0.6) is 5.75 Å². The number of nitriles is 1. The van der Waals surface area contributed by atoms with Crippen molar-refractivity contribution in [3.8, 4) is 11.8 Å². The van der Waals surface area contributed by atoms with E-state index in [0.717, 1.165) is 5.69 Å². The standard InChI is InChI=1S/C16H17N3O2S/c1-16(2,3)13-10-22-15(18-13)19-14(20)9-21-12-7-5-4-6-11(12)8-17/h4-7,10H,9H2,1-3H3,(H,18,19,20). The number of benzene rings is 1. The molecule has 0 spiro atoms. The monoisotopic (exact) mass is 315 g/mol. The zero-order chi connectivity index (χ0) is 16.2. The fraction of sp³-hybridized carbons (Fsp3) is 0.312. The van der Waals surface area contributed by atoms with Crippen molar-refractivity contribution < 1.29 is 9.53 Å². The number of nitrogens with one attached hydrogen (secondary N) is 1. The summed E-state index contributed by atoms with van der Waals surface area (Å²) >= 11 is 1.38. The average Bonchev–Trinajstić information content (AvgIpc) is 2.94. The summed E-state index contributed by atoms with van der Waals surface area (Å²) in [4.78, 5) is 16.3. The van der Waals surface area contributed by atoms with E-state index in [1.54, 1.807) is 24.3 Å². The van der Waals surface area contributed by atoms with Crippen LogP contribution in [0.15, 0.2) is 29.6 Å². The van der Waals surface area contributed by atoms with Crippen molar-refractivity contribution in [3.05, 3.63) is 40.9 Å². The van der Waals surface area contributed by atoms with Crippen molar-refractivity contribution in [2.24, 2.45) is 0 Å². The Labute approximate surface area is 133 Å². The van der Waals surface area contributed by atoms with E-state index in [1.807, 2.05) is 11.4 Å². The highest BCUT2D eigenvalue weighted by Crippen LogP contribution is 2.26. The van der Waals surface area contributed by atoms with Crippen LogP contribution in [0.2, 0.25) is 0 Å². The minimum absolute atomic E-state index is 0.0539. The maximum atomic E-state index is 11.9. The summed E-state index contributed by atoms with van der Waals surface area (Å²) in [5, 5.41) is 14.1. The zero-order valence-corrected chi connectivity index (χ0v) is 13.5. The lowest BCUT2D eigenvalue weighted by Gasteiger charge is -2.14. The van der Waals surface area contributed by atoms with Crippen LogP contribution >= 0.6 is 11.3 Å². The number of amides is 1. The average molecular weight is 315 g/mol. The molecule has 2 aromatic rings. The highest BCUT2D eigenvalue weighted by atomic mass is 32.1. The summed E-state index contributed by atoms with van der Waals surface area (Å²) in [5.74, 6) is 0.0946. The molecular formula is C16H17N3O2S. The molecule has 0 aliphatic rings. The summed E-state index contributed by atoms with van der Waals surface area (Å²) in [7, 11) is 0. The molecule has 1 aromatic carbocycles. The summed E-state index contributed by atoms with van der Waals surface area (Å²) < 4.78 is 5.38. The molecule has 6 heteroatoms. The summed E-state index contributed by atoms with van der Waals surface area (Å²) in [6, 6.07) is 8.82. The number of hydrogen-bond acceptors (Lipinski definition) is 5.